The van der Waals surface area contributed by atoms with Gasteiger partial charge in [-0.3, -0.25) is 9.78 Å². The first-order valence-corrected chi connectivity index (χ1v) is 8.70. The number of amides is 1. The van der Waals surface area contributed by atoms with E-state index < -0.39 is 0 Å². The largest absolute Gasteiger partial charge is 0.364 e. The van der Waals surface area contributed by atoms with Gasteiger partial charge in [0.25, 0.3) is 0 Å². The molecule has 1 aliphatic rings. The average molecular weight is 328 g/mol. The predicted octanol–water partition coefficient (Wildman–Crippen LogP) is 2.80. The van der Waals surface area contributed by atoms with Gasteiger partial charge in [0, 0.05) is 31.8 Å². The number of aromatic nitrogens is 2. The molecule has 0 saturated carbocycles. The van der Waals surface area contributed by atoms with E-state index in [1.54, 1.807) is 31.1 Å². The molecule has 120 valence electrons. The maximum absolute atomic E-state index is 11.4. The van der Waals surface area contributed by atoms with Gasteiger partial charge in [0.05, 0.1) is 12.4 Å². The van der Waals surface area contributed by atoms with Crippen molar-refractivity contribution < 1.29 is 4.79 Å². The van der Waals surface area contributed by atoms with Crippen molar-refractivity contribution in [3.05, 3.63) is 48.3 Å². The Morgan fingerprint density at radius 2 is 2.17 bits per heavy atom. The summed E-state index contributed by atoms with van der Waals surface area (Å²) in [6.45, 7) is 3.16. The van der Waals surface area contributed by atoms with Crippen LogP contribution in [0.25, 0.3) is 0 Å². The number of hydrogen-bond donors (Lipinski definition) is 1. The highest BCUT2D eigenvalue weighted by molar-refractivity contribution is 7.98. The third-order valence-electron chi connectivity index (χ3n) is 3.83. The van der Waals surface area contributed by atoms with Crippen molar-refractivity contribution in [3.8, 4) is 0 Å². The number of carbonyl (C=O) groups excluding carboxylic acids is 1. The summed E-state index contributed by atoms with van der Waals surface area (Å²) < 4.78 is 0. The third kappa shape index (κ3) is 4.45. The molecule has 0 bridgehead atoms. The van der Waals surface area contributed by atoms with Crippen molar-refractivity contribution >= 4 is 23.5 Å². The van der Waals surface area contributed by atoms with Crippen molar-refractivity contribution in [2.75, 3.05) is 18.4 Å². The van der Waals surface area contributed by atoms with Crippen LogP contribution in [0.2, 0.25) is 0 Å². The van der Waals surface area contributed by atoms with Crippen LogP contribution >= 0.6 is 11.8 Å². The van der Waals surface area contributed by atoms with Gasteiger partial charge in [-0.15, -0.1) is 11.8 Å². The molecule has 1 unspecified atom stereocenters. The Balaban J connectivity index is 1.56. The summed E-state index contributed by atoms with van der Waals surface area (Å²) in [6, 6.07) is 10.6. The van der Waals surface area contributed by atoms with Crippen molar-refractivity contribution in [2.45, 2.75) is 30.2 Å². The van der Waals surface area contributed by atoms with Crippen LogP contribution in [0.15, 0.2) is 47.8 Å². The van der Waals surface area contributed by atoms with E-state index in [4.69, 9.17) is 0 Å². The monoisotopic (exact) mass is 328 g/mol. The second kappa shape index (κ2) is 7.46. The topological polar surface area (TPSA) is 58.1 Å². The molecule has 5 nitrogen and oxygen atoms in total. The minimum absolute atomic E-state index is 0.132. The van der Waals surface area contributed by atoms with E-state index in [1.165, 1.54) is 5.56 Å². The Kier molecular flexibility index (Phi) is 5.12. The van der Waals surface area contributed by atoms with Crippen LogP contribution in [0.4, 0.5) is 5.82 Å². The molecule has 1 aliphatic heterocycles. The fourth-order valence-electron chi connectivity index (χ4n) is 2.59. The number of nitrogens with zero attached hydrogens (tertiary/aromatic N) is 3. The van der Waals surface area contributed by atoms with Crippen molar-refractivity contribution in [1.29, 1.82) is 0 Å². The van der Waals surface area contributed by atoms with E-state index >= 15 is 0 Å². The number of thioether (sulfide) groups is 1. The molecule has 1 fully saturated rings. The summed E-state index contributed by atoms with van der Waals surface area (Å²) in [6.07, 6.45) is 4.47. The van der Waals surface area contributed by atoms with E-state index in [0.29, 0.717) is 0 Å². The standard InChI is InChI=1S/C17H20N4OS/c1-13(22)21-8-7-15(11-21)19-16-9-18-10-17(20-16)23-12-14-5-3-2-4-6-14/h2-6,9-10,15H,7-8,11-12H2,1H3,(H,19,20). The van der Waals surface area contributed by atoms with Gasteiger partial charge in [0.1, 0.15) is 10.8 Å². The normalized spacial score (nSPS) is 17.3. The molecular formula is C17H20N4OS. The summed E-state index contributed by atoms with van der Waals surface area (Å²) in [7, 11) is 0. The molecule has 1 atom stereocenters. The summed E-state index contributed by atoms with van der Waals surface area (Å²) in [5, 5.41) is 4.29. The minimum atomic E-state index is 0.132. The first-order valence-electron chi connectivity index (χ1n) is 7.71. The van der Waals surface area contributed by atoms with Crippen LogP contribution in [0.5, 0.6) is 0 Å². The van der Waals surface area contributed by atoms with Gasteiger partial charge in [0.2, 0.25) is 5.91 Å². The van der Waals surface area contributed by atoms with Gasteiger partial charge in [0.15, 0.2) is 0 Å². The molecule has 3 rings (SSSR count). The number of anilines is 1. The Labute approximate surface area is 140 Å². The molecule has 1 aromatic heterocycles. The Morgan fingerprint density at radius 1 is 1.35 bits per heavy atom. The highest BCUT2D eigenvalue weighted by Gasteiger charge is 2.24. The molecule has 1 aromatic carbocycles. The first-order chi connectivity index (χ1) is 11.2. The number of rotatable bonds is 5. The lowest BCUT2D eigenvalue weighted by atomic mass is 10.2. The Bertz CT molecular complexity index is 665. The lowest BCUT2D eigenvalue weighted by molar-refractivity contribution is -0.127. The highest BCUT2D eigenvalue weighted by atomic mass is 32.2. The smallest absolute Gasteiger partial charge is 0.219 e. The van der Waals surface area contributed by atoms with Gasteiger partial charge < -0.3 is 10.2 Å². The lowest BCUT2D eigenvalue weighted by Crippen LogP contribution is -2.29. The molecule has 1 saturated heterocycles. The number of carbonyl (C=O) groups is 1. The molecule has 6 heteroatoms. The summed E-state index contributed by atoms with van der Waals surface area (Å²) in [5.74, 6) is 1.78. The maximum Gasteiger partial charge on any atom is 0.219 e. The maximum atomic E-state index is 11.4. The predicted molar refractivity (Wildman–Crippen MR) is 92.3 cm³/mol. The van der Waals surface area contributed by atoms with Crippen LogP contribution in [-0.2, 0) is 10.5 Å². The van der Waals surface area contributed by atoms with Gasteiger partial charge in [-0.2, -0.15) is 0 Å². The molecule has 0 spiro atoms. The van der Waals surface area contributed by atoms with Gasteiger partial charge in [-0.05, 0) is 12.0 Å². The molecule has 2 aromatic rings. The van der Waals surface area contributed by atoms with Crippen LogP contribution in [0, 0.1) is 0 Å². The molecule has 2 heterocycles. The lowest BCUT2D eigenvalue weighted by Gasteiger charge is -2.15. The number of nitrogens with one attached hydrogen (secondary N) is 1. The van der Waals surface area contributed by atoms with Crippen LogP contribution in [-0.4, -0.2) is 39.9 Å². The number of hydrogen-bond acceptors (Lipinski definition) is 5. The first kappa shape index (κ1) is 15.8. The molecule has 1 amide bonds. The van der Waals surface area contributed by atoms with E-state index in [2.05, 4.69) is 27.4 Å². The quantitative estimate of drug-likeness (QED) is 0.855. The second-order valence-corrected chi connectivity index (χ2v) is 6.61. The molecule has 23 heavy (non-hydrogen) atoms. The van der Waals surface area contributed by atoms with E-state index in [9.17, 15) is 4.79 Å². The van der Waals surface area contributed by atoms with E-state index in [1.807, 2.05) is 23.1 Å². The zero-order valence-electron chi connectivity index (χ0n) is 13.1. The molecule has 1 N–H and O–H groups in total. The fraction of sp³-hybridized carbons (Fsp3) is 0.353. The van der Waals surface area contributed by atoms with E-state index in [-0.39, 0.29) is 11.9 Å². The number of likely N-dealkylation sites (tertiary alicyclic amines) is 1. The summed E-state index contributed by atoms with van der Waals surface area (Å²) >= 11 is 1.67. The highest BCUT2D eigenvalue weighted by Crippen LogP contribution is 2.22. The van der Waals surface area contributed by atoms with Crippen LogP contribution in [0.3, 0.4) is 0 Å². The fourth-order valence-corrected chi connectivity index (χ4v) is 3.40. The van der Waals surface area contributed by atoms with Crippen molar-refractivity contribution in [1.82, 2.24) is 14.9 Å². The molecule has 0 radical (unpaired) electrons. The van der Waals surface area contributed by atoms with Crippen LogP contribution in [0.1, 0.15) is 18.9 Å². The zero-order chi connectivity index (χ0) is 16.1. The average Bonchev–Trinajstić information content (AvgIpc) is 3.03. The Hall–Kier alpha value is -2.08. The van der Waals surface area contributed by atoms with Crippen LogP contribution < -0.4 is 5.32 Å². The SMILES string of the molecule is CC(=O)N1CCC(Nc2cncc(SCc3ccccc3)n2)C1. The molecular weight excluding hydrogens is 308 g/mol. The summed E-state index contributed by atoms with van der Waals surface area (Å²) in [4.78, 5) is 22.1. The van der Waals surface area contributed by atoms with Gasteiger partial charge in [-0.25, -0.2) is 4.98 Å². The third-order valence-corrected chi connectivity index (χ3v) is 4.80. The van der Waals surface area contributed by atoms with Crippen molar-refractivity contribution in [2.24, 2.45) is 0 Å². The molecule has 0 aliphatic carbocycles. The van der Waals surface area contributed by atoms with Gasteiger partial charge >= 0.3 is 0 Å². The minimum Gasteiger partial charge on any atom is -0.364 e. The zero-order valence-corrected chi connectivity index (χ0v) is 13.9. The van der Waals surface area contributed by atoms with E-state index in [0.717, 1.165) is 36.1 Å². The second-order valence-electron chi connectivity index (χ2n) is 5.61. The number of benzene rings is 1. The summed E-state index contributed by atoms with van der Waals surface area (Å²) in [5.41, 5.74) is 1.27. The Morgan fingerprint density at radius 3 is 2.91 bits per heavy atom. The van der Waals surface area contributed by atoms with Gasteiger partial charge in [-0.1, -0.05) is 30.3 Å². The van der Waals surface area contributed by atoms with Crippen molar-refractivity contribution in [3.63, 3.8) is 0 Å².